The van der Waals surface area contributed by atoms with Gasteiger partial charge in [-0.3, -0.25) is 4.99 Å². The number of ether oxygens (including phenoxy) is 1. The van der Waals surface area contributed by atoms with Crippen LogP contribution in [0.15, 0.2) is 35.5 Å². The van der Waals surface area contributed by atoms with Gasteiger partial charge in [0.05, 0.1) is 12.7 Å². The minimum absolute atomic E-state index is 0.181. The zero-order valence-electron chi connectivity index (χ0n) is 12.2. The molecule has 0 spiro atoms. The molecule has 0 saturated heterocycles. The molecule has 3 rings (SSSR count). The molecule has 0 bridgehead atoms. The van der Waals surface area contributed by atoms with Gasteiger partial charge in [-0.2, -0.15) is 0 Å². The summed E-state index contributed by atoms with van der Waals surface area (Å²) < 4.78 is 5.91. The summed E-state index contributed by atoms with van der Waals surface area (Å²) >= 11 is 0. The summed E-state index contributed by atoms with van der Waals surface area (Å²) in [4.78, 5) is 4.25. The normalized spacial score (nSPS) is 28.4. The third-order valence-electron chi connectivity index (χ3n) is 4.28. The first-order valence-corrected chi connectivity index (χ1v) is 7.39. The number of fused-ring (bicyclic) bond motifs is 1. The zero-order chi connectivity index (χ0) is 13.9. The largest absolute Gasteiger partial charge is 0.372 e. The van der Waals surface area contributed by atoms with Crippen molar-refractivity contribution in [1.29, 1.82) is 0 Å². The molecular weight excluding hydrogens is 248 g/mol. The van der Waals surface area contributed by atoms with Crippen molar-refractivity contribution in [2.75, 3.05) is 20.2 Å². The molecule has 3 nitrogen and oxygen atoms in total. The molecule has 3 heteroatoms. The second-order valence-corrected chi connectivity index (χ2v) is 5.61. The molecule has 1 aromatic rings. The van der Waals surface area contributed by atoms with Crippen LogP contribution in [0.3, 0.4) is 0 Å². The Balaban J connectivity index is 1.99. The lowest BCUT2D eigenvalue weighted by Crippen LogP contribution is -2.27. The van der Waals surface area contributed by atoms with E-state index in [1.165, 1.54) is 16.7 Å². The number of aliphatic imine (C=N–C) groups is 1. The smallest absolute Gasteiger partial charge is 0.0951 e. The van der Waals surface area contributed by atoms with Crippen molar-refractivity contribution in [3.05, 3.63) is 47.2 Å². The Morgan fingerprint density at radius 2 is 2.20 bits per heavy atom. The highest BCUT2D eigenvalue weighted by Gasteiger charge is 2.26. The van der Waals surface area contributed by atoms with Crippen molar-refractivity contribution in [1.82, 2.24) is 5.32 Å². The fourth-order valence-corrected chi connectivity index (χ4v) is 3.26. The van der Waals surface area contributed by atoms with Crippen molar-refractivity contribution in [3.63, 3.8) is 0 Å². The van der Waals surface area contributed by atoms with Crippen molar-refractivity contribution >= 4 is 6.21 Å². The van der Waals surface area contributed by atoms with Crippen LogP contribution in [0, 0.1) is 5.92 Å². The van der Waals surface area contributed by atoms with Crippen LogP contribution < -0.4 is 5.32 Å². The quantitative estimate of drug-likeness (QED) is 0.916. The molecule has 106 valence electrons. The molecular formula is C17H22N2O. The van der Waals surface area contributed by atoms with Gasteiger partial charge in [-0.25, -0.2) is 0 Å². The van der Waals surface area contributed by atoms with E-state index in [0.29, 0.717) is 11.8 Å². The molecule has 0 aromatic heterocycles. The van der Waals surface area contributed by atoms with E-state index in [0.717, 1.165) is 19.6 Å². The average Bonchev–Trinajstić information content (AvgIpc) is 2.48. The molecule has 1 N–H and O–H groups in total. The van der Waals surface area contributed by atoms with Crippen molar-refractivity contribution < 1.29 is 4.74 Å². The van der Waals surface area contributed by atoms with Crippen LogP contribution in [-0.2, 0) is 11.2 Å². The molecule has 1 aromatic carbocycles. The molecule has 0 aliphatic carbocycles. The first-order valence-electron chi connectivity index (χ1n) is 7.39. The predicted octanol–water partition coefficient (Wildman–Crippen LogP) is 2.84. The SMILES string of the molecule is CNC[C@H]1OCCc2c(C3C=CN=CC3C)cccc21. The Labute approximate surface area is 120 Å². The highest BCUT2D eigenvalue weighted by Crippen LogP contribution is 2.36. The van der Waals surface area contributed by atoms with Crippen molar-refractivity contribution in [3.8, 4) is 0 Å². The van der Waals surface area contributed by atoms with Crippen molar-refractivity contribution in [2.45, 2.75) is 25.4 Å². The Hall–Kier alpha value is -1.45. The second kappa shape index (κ2) is 5.90. The Bertz CT molecular complexity index is 536. The average molecular weight is 270 g/mol. The molecule has 2 heterocycles. The van der Waals surface area contributed by atoms with Gasteiger partial charge in [0, 0.05) is 30.8 Å². The van der Waals surface area contributed by atoms with Crippen LogP contribution in [0.25, 0.3) is 0 Å². The minimum atomic E-state index is 0.181. The van der Waals surface area contributed by atoms with Crippen LogP contribution in [0.5, 0.6) is 0 Å². The van der Waals surface area contributed by atoms with E-state index in [2.05, 4.69) is 47.7 Å². The van der Waals surface area contributed by atoms with Gasteiger partial charge in [0.1, 0.15) is 0 Å². The van der Waals surface area contributed by atoms with Gasteiger partial charge >= 0.3 is 0 Å². The van der Waals surface area contributed by atoms with E-state index in [4.69, 9.17) is 4.74 Å². The van der Waals surface area contributed by atoms with Crippen LogP contribution in [0.4, 0.5) is 0 Å². The number of hydrogen-bond donors (Lipinski definition) is 1. The summed E-state index contributed by atoms with van der Waals surface area (Å²) in [6.45, 7) is 3.92. The summed E-state index contributed by atoms with van der Waals surface area (Å²) in [5, 5.41) is 3.23. The minimum Gasteiger partial charge on any atom is -0.372 e. The van der Waals surface area contributed by atoms with Gasteiger partial charge in [0.15, 0.2) is 0 Å². The maximum atomic E-state index is 5.91. The summed E-state index contributed by atoms with van der Waals surface area (Å²) in [5.74, 6) is 0.896. The summed E-state index contributed by atoms with van der Waals surface area (Å²) in [6.07, 6.45) is 7.39. The molecule has 0 amide bonds. The number of nitrogens with zero attached hydrogens (tertiary/aromatic N) is 1. The van der Waals surface area contributed by atoms with Gasteiger partial charge in [-0.05, 0) is 30.2 Å². The number of hydrogen-bond acceptors (Lipinski definition) is 3. The molecule has 0 radical (unpaired) electrons. The maximum absolute atomic E-state index is 5.91. The van der Waals surface area contributed by atoms with Crippen molar-refractivity contribution in [2.24, 2.45) is 10.9 Å². The van der Waals surface area contributed by atoms with E-state index in [1.807, 2.05) is 13.2 Å². The first kappa shape index (κ1) is 13.5. The lowest BCUT2D eigenvalue weighted by molar-refractivity contribution is 0.0435. The lowest BCUT2D eigenvalue weighted by Gasteiger charge is -2.31. The number of benzene rings is 1. The maximum Gasteiger partial charge on any atom is 0.0951 e. The molecule has 20 heavy (non-hydrogen) atoms. The molecule has 0 fully saturated rings. The van der Waals surface area contributed by atoms with Crippen LogP contribution >= 0.6 is 0 Å². The van der Waals surface area contributed by atoms with E-state index in [-0.39, 0.29) is 6.10 Å². The predicted molar refractivity (Wildman–Crippen MR) is 82.3 cm³/mol. The number of likely N-dealkylation sites (N-methyl/N-ethyl adjacent to an activating group) is 1. The van der Waals surface area contributed by atoms with Gasteiger partial charge in [-0.15, -0.1) is 0 Å². The second-order valence-electron chi connectivity index (χ2n) is 5.61. The number of allylic oxidation sites excluding steroid dienone is 1. The third kappa shape index (κ3) is 2.43. The molecule has 3 atom stereocenters. The summed E-state index contributed by atoms with van der Waals surface area (Å²) in [6, 6.07) is 6.65. The Kier molecular flexibility index (Phi) is 3.99. The Morgan fingerprint density at radius 1 is 1.35 bits per heavy atom. The fraction of sp³-hybridized carbons (Fsp3) is 0.471. The highest BCUT2D eigenvalue weighted by molar-refractivity contribution is 5.65. The van der Waals surface area contributed by atoms with Gasteiger partial charge in [0.2, 0.25) is 0 Å². The standard InChI is InChI=1S/C17H22N2O/c1-12-10-19-8-6-13(12)14-4-3-5-16-15(14)7-9-20-17(16)11-18-2/h3-6,8,10,12-13,17-18H,7,9,11H2,1-2H3/t12?,13?,17-/m1/s1. The fourth-order valence-electron chi connectivity index (χ4n) is 3.26. The highest BCUT2D eigenvalue weighted by atomic mass is 16.5. The van der Waals surface area contributed by atoms with E-state index < -0.39 is 0 Å². The van der Waals surface area contributed by atoms with E-state index in [9.17, 15) is 0 Å². The summed E-state index contributed by atoms with van der Waals surface area (Å²) in [7, 11) is 1.98. The molecule has 2 aliphatic rings. The first-order chi connectivity index (χ1) is 9.81. The van der Waals surface area contributed by atoms with Gasteiger partial charge in [0.25, 0.3) is 0 Å². The van der Waals surface area contributed by atoms with Gasteiger partial charge < -0.3 is 10.1 Å². The van der Waals surface area contributed by atoms with Crippen LogP contribution in [0.2, 0.25) is 0 Å². The topological polar surface area (TPSA) is 33.6 Å². The number of nitrogens with one attached hydrogen (secondary N) is 1. The summed E-state index contributed by atoms with van der Waals surface area (Å²) in [5.41, 5.74) is 4.28. The Morgan fingerprint density at radius 3 is 3.00 bits per heavy atom. The van der Waals surface area contributed by atoms with Crippen LogP contribution in [0.1, 0.15) is 35.6 Å². The van der Waals surface area contributed by atoms with Crippen LogP contribution in [-0.4, -0.2) is 26.4 Å². The number of rotatable bonds is 3. The third-order valence-corrected chi connectivity index (χ3v) is 4.28. The van der Waals surface area contributed by atoms with E-state index >= 15 is 0 Å². The molecule has 2 aliphatic heterocycles. The van der Waals surface area contributed by atoms with Gasteiger partial charge in [-0.1, -0.05) is 31.2 Å². The monoisotopic (exact) mass is 270 g/mol. The lowest BCUT2D eigenvalue weighted by atomic mass is 9.80. The molecule has 2 unspecified atom stereocenters. The zero-order valence-corrected chi connectivity index (χ0v) is 12.2. The van der Waals surface area contributed by atoms with E-state index in [1.54, 1.807) is 0 Å². The molecule has 0 saturated carbocycles.